The third-order valence-corrected chi connectivity index (χ3v) is 3.75. The first-order valence-electron chi connectivity index (χ1n) is 7.56. The summed E-state index contributed by atoms with van der Waals surface area (Å²) in [5.41, 5.74) is 0.0790. The van der Waals surface area contributed by atoms with Crippen molar-refractivity contribution in [2.45, 2.75) is 58.9 Å². The number of nitrogens with one attached hydrogen (secondary N) is 2. The molecule has 0 saturated heterocycles. The molecule has 2 rings (SSSR count). The van der Waals surface area contributed by atoms with Crippen LogP contribution in [-0.2, 0) is 0 Å². The molecule has 2 N–H and O–H groups in total. The van der Waals surface area contributed by atoms with Gasteiger partial charge in [0.2, 0.25) is 0 Å². The summed E-state index contributed by atoms with van der Waals surface area (Å²) in [7, 11) is 0. The summed E-state index contributed by atoms with van der Waals surface area (Å²) in [5, 5.41) is 6.82. The van der Waals surface area contributed by atoms with Gasteiger partial charge >= 0.3 is 0 Å². The van der Waals surface area contributed by atoms with E-state index in [4.69, 9.17) is 4.99 Å². The van der Waals surface area contributed by atoms with Crippen LogP contribution in [0, 0.1) is 17.8 Å². The largest absolute Gasteiger partial charge is 0.357 e. The normalized spacial score (nSPS) is 21.3. The van der Waals surface area contributed by atoms with E-state index in [0.29, 0.717) is 0 Å². The van der Waals surface area contributed by atoms with Crippen LogP contribution in [0.25, 0.3) is 0 Å². The summed E-state index contributed by atoms with van der Waals surface area (Å²) in [4.78, 5) is 4.82. The Morgan fingerprint density at radius 2 is 1.72 bits per heavy atom. The second kappa shape index (κ2) is 5.50. The average molecular weight is 251 g/mol. The summed E-state index contributed by atoms with van der Waals surface area (Å²) >= 11 is 0. The van der Waals surface area contributed by atoms with Gasteiger partial charge < -0.3 is 10.6 Å². The summed E-state index contributed by atoms with van der Waals surface area (Å²) in [5.74, 6) is 3.81. The molecule has 2 saturated carbocycles. The van der Waals surface area contributed by atoms with E-state index in [2.05, 4.69) is 38.3 Å². The Morgan fingerprint density at radius 3 is 2.11 bits per heavy atom. The molecule has 0 aromatic rings. The van der Waals surface area contributed by atoms with Crippen LogP contribution in [0.4, 0.5) is 0 Å². The molecule has 0 atom stereocenters. The van der Waals surface area contributed by atoms with Crippen LogP contribution >= 0.6 is 0 Å². The molecule has 0 radical (unpaired) electrons. The van der Waals surface area contributed by atoms with E-state index in [1.54, 1.807) is 0 Å². The molecule has 2 aliphatic rings. The maximum absolute atomic E-state index is 4.82. The standard InChI is InChI=1S/C15H29N3/c1-5-16-14(18-15(2,3)4)17-10-13(11-6-7-11)12-8-9-12/h11-13H,5-10H2,1-4H3,(H2,16,17,18). The van der Waals surface area contributed by atoms with Gasteiger partial charge in [-0.05, 0) is 71.1 Å². The van der Waals surface area contributed by atoms with Crippen LogP contribution in [0.1, 0.15) is 53.4 Å². The second-order valence-electron chi connectivity index (χ2n) is 6.93. The van der Waals surface area contributed by atoms with Crippen LogP contribution in [0.5, 0.6) is 0 Å². The van der Waals surface area contributed by atoms with Crippen molar-refractivity contribution in [3.05, 3.63) is 0 Å². The Morgan fingerprint density at radius 1 is 1.17 bits per heavy atom. The number of aliphatic imine (C=N–C) groups is 1. The summed E-state index contributed by atoms with van der Waals surface area (Å²) < 4.78 is 0. The van der Waals surface area contributed by atoms with Gasteiger partial charge in [-0.1, -0.05) is 0 Å². The molecule has 0 aromatic heterocycles. The zero-order chi connectivity index (χ0) is 13.2. The zero-order valence-corrected chi connectivity index (χ0v) is 12.4. The number of nitrogens with zero attached hydrogens (tertiary/aromatic N) is 1. The van der Waals surface area contributed by atoms with Gasteiger partial charge in [0.05, 0.1) is 0 Å². The molecule has 2 fully saturated rings. The van der Waals surface area contributed by atoms with E-state index < -0.39 is 0 Å². The lowest BCUT2D eigenvalue weighted by Gasteiger charge is -2.24. The van der Waals surface area contributed by atoms with Crippen LogP contribution in [0.15, 0.2) is 4.99 Å². The average Bonchev–Trinajstić information content (AvgIpc) is 3.11. The van der Waals surface area contributed by atoms with Crippen LogP contribution in [-0.4, -0.2) is 24.6 Å². The van der Waals surface area contributed by atoms with E-state index in [9.17, 15) is 0 Å². The van der Waals surface area contributed by atoms with E-state index in [-0.39, 0.29) is 5.54 Å². The Kier molecular flexibility index (Phi) is 4.18. The van der Waals surface area contributed by atoms with Gasteiger partial charge in [0.15, 0.2) is 5.96 Å². The lowest BCUT2D eigenvalue weighted by molar-refractivity contribution is 0.415. The fourth-order valence-electron chi connectivity index (χ4n) is 2.59. The quantitative estimate of drug-likeness (QED) is 0.582. The topological polar surface area (TPSA) is 36.4 Å². The van der Waals surface area contributed by atoms with Gasteiger partial charge in [-0.3, -0.25) is 4.99 Å². The molecule has 104 valence electrons. The smallest absolute Gasteiger partial charge is 0.191 e. The van der Waals surface area contributed by atoms with Crippen molar-refractivity contribution in [2.24, 2.45) is 22.7 Å². The van der Waals surface area contributed by atoms with Gasteiger partial charge in [-0.2, -0.15) is 0 Å². The molecule has 0 spiro atoms. The molecule has 2 aliphatic carbocycles. The minimum atomic E-state index is 0.0790. The summed E-state index contributed by atoms with van der Waals surface area (Å²) in [6.07, 6.45) is 5.78. The van der Waals surface area contributed by atoms with Crippen molar-refractivity contribution < 1.29 is 0 Å². The van der Waals surface area contributed by atoms with Crippen LogP contribution in [0.2, 0.25) is 0 Å². The molecular formula is C15H29N3. The first-order chi connectivity index (χ1) is 8.49. The Bertz CT molecular complexity index is 283. The highest BCUT2D eigenvalue weighted by Gasteiger charge is 2.41. The summed E-state index contributed by atoms with van der Waals surface area (Å²) in [6, 6.07) is 0. The predicted octanol–water partition coefficient (Wildman–Crippen LogP) is 2.78. The molecule has 0 heterocycles. The summed E-state index contributed by atoms with van der Waals surface area (Å²) in [6.45, 7) is 10.6. The number of guanidine groups is 1. The van der Waals surface area contributed by atoms with Crippen LogP contribution in [0.3, 0.4) is 0 Å². The lowest BCUT2D eigenvalue weighted by atomic mass is 9.98. The fourth-order valence-corrected chi connectivity index (χ4v) is 2.59. The van der Waals surface area contributed by atoms with Gasteiger partial charge in [0, 0.05) is 18.6 Å². The Balaban J connectivity index is 1.89. The molecular weight excluding hydrogens is 222 g/mol. The van der Waals surface area contributed by atoms with Gasteiger partial charge in [-0.15, -0.1) is 0 Å². The van der Waals surface area contributed by atoms with E-state index >= 15 is 0 Å². The van der Waals surface area contributed by atoms with Crippen molar-refractivity contribution >= 4 is 5.96 Å². The highest BCUT2D eigenvalue weighted by molar-refractivity contribution is 5.80. The van der Waals surface area contributed by atoms with Crippen molar-refractivity contribution in [2.75, 3.05) is 13.1 Å². The lowest BCUT2D eigenvalue weighted by Crippen LogP contribution is -2.47. The molecule has 0 aromatic carbocycles. The molecule has 0 aliphatic heterocycles. The van der Waals surface area contributed by atoms with Crippen LogP contribution < -0.4 is 10.6 Å². The molecule has 18 heavy (non-hydrogen) atoms. The molecule has 3 nitrogen and oxygen atoms in total. The van der Waals surface area contributed by atoms with Crippen molar-refractivity contribution in [3.63, 3.8) is 0 Å². The monoisotopic (exact) mass is 251 g/mol. The molecule has 0 amide bonds. The fraction of sp³-hybridized carbons (Fsp3) is 0.933. The minimum Gasteiger partial charge on any atom is -0.357 e. The number of rotatable bonds is 5. The minimum absolute atomic E-state index is 0.0790. The van der Waals surface area contributed by atoms with Crippen molar-refractivity contribution in [1.29, 1.82) is 0 Å². The number of hydrogen-bond acceptors (Lipinski definition) is 1. The van der Waals surface area contributed by atoms with E-state index in [0.717, 1.165) is 36.8 Å². The van der Waals surface area contributed by atoms with E-state index in [1.165, 1.54) is 25.7 Å². The van der Waals surface area contributed by atoms with Gasteiger partial charge in [-0.25, -0.2) is 0 Å². The van der Waals surface area contributed by atoms with Crippen molar-refractivity contribution in [3.8, 4) is 0 Å². The van der Waals surface area contributed by atoms with E-state index in [1.807, 2.05) is 0 Å². The number of hydrogen-bond donors (Lipinski definition) is 2. The molecule has 0 bridgehead atoms. The third kappa shape index (κ3) is 4.51. The molecule has 3 heteroatoms. The van der Waals surface area contributed by atoms with Gasteiger partial charge in [0.25, 0.3) is 0 Å². The van der Waals surface area contributed by atoms with Crippen molar-refractivity contribution in [1.82, 2.24) is 10.6 Å². The second-order valence-corrected chi connectivity index (χ2v) is 6.93. The highest BCUT2D eigenvalue weighted by Crippen LogP contribution is 2.49. The maximum atomic E-state index is 4.82. The SMILES string of the molecule is CCNC(=NCC(C1CC1)C1CC1)NC(C)(C)C. The first-order valence-corrected chi connectivity index (χ1v) is 7.56. The maximum Gasteiger partial charge on any atom is 0.191 e. The predicted molar refractivity (Wildman–Crippen MR) is 77.8 cm³/mol. The molecule has 0 unspecified atom stereocenters. The zero-order valence-electron chi connectivity index (χ0n) is 12.4. The first kappa shape index (κ1) is 13.7. The highest BCUT2D eigenvalue weighted by atomic mass is 15.2. The van der Waals surface area contributed by atoms with Gasteiger partial charge in [0.1, 0.15) is 0 Å². The Hall–Kier alpha value is -0.730. The third-order valence-electron chi connectivity index (χ3n) is 3.75. The Labute approximate surface area is 112 Å².